The van der Waals surface area contributed by atoms with Crippen LogP contribution in [0.2, 0.25) is 0 Å². The van der Waals surface area contributed by atoms with Crippen molar-refractivity contribution in [3.05, 3.63) is 50.2 Å². The minimum atomic E-state index is -0.117. The molecule has 2 heteroatoms. The Morgan fingerprint density at radius 2 is 1.59 bits per heavy atom. The summed E-state index contributed by atoms with van der Waals surface area (Å²) in [4.78, 5) is 12.7. The molecule has 1 rings (SSSR count). The van der Waals surface area contributed by atoms with Gasteiger partial charge in [-0.2, -0.15) is 0 Å². The molecule has 1 aromatic carbocycles. The van der Waals surface area contributed by atoms with E-state index in [1.54, 1.807) is 13.0 Å². The Bertz CT molecular complexity index is 720. The fourth-order valence-corrected chi connectivity index (χ4v) is 4.18. The van der Waals surface area contributed by atoms with Crippen molar-refractivity contribution in [3.63, 3.8) is 0 Å². The summed E-state index contributed by atoms with van der Waals surface area (Å²) in [7, 11) is 0. The van der Waals surface area contributed by atoms with Gasteiger partial charge < -0.3 is 5.11 Å². The third-order valence-electron chi connectivity index (χ3n) is 6.85. The van der Waals surface area contributed by atoms with E-state index in [0.29, 0.717) is 11.1 Å². The lowest BCUT2D eigenvalue weighted by Crippen LogP contribution is -2.25. The normalized spacial score (nSPS) is 12.7. The van der Waals surface area contributed by atoms with Gasteiger partial charge in [-0.05, 0) is 87.5 Å². The topological polar surface area (TPSA) is 37.3 Å². The highest BCUT2D eigenvalue weighted by atomic mass is 16.3. The SMILES string of the molecule is CCC(CC)CC(C)=CCC(CC)(CC)c1cc(=O)c(C)c(C)c(O)c1C. The maximum absolute atomic E-state index is 12.7. The second-order valence-electron chi connectivity index (χ2n) is 8.27. The summed E-state index contributed by atoms with van der Waals surface area (Å²) < 4.78 is 0. The largest absolute Gasteiger partial charge is 0.507 e. The molecule has 1 aromatic rings. The van der Waals surface area contributed by atoms with Crippen LogP contribution in [0.15, 0.2) is 22.5 Å². The second-order valence-corrected chi connectivity index (χ2v) is 8.27. The molecular formula is C25H40O2. The average Bonchev–Trinajstić information content (AvgIpc) is 2.75. The van der Waals surface area contributed by atoms with Crippen LogP contribution < -0.4 is 5.43 Å². The quantitative estimate of drug-likeness (QED) is 0.479. The average molecular weight is 373 g/mol. The first-order valence-corrected chi connectivity index (χ1v) is 10.7. The Hall–Kier alpha value is -1.57. The summed E-state index contributed by atoms with van der Waals surface area (Å²) in [5.74, 6) is 1.02. The maximum Gasteiger partial charge on any atom is 0.182 e. The Morgan fingerprint density at radius 3 is 2.07 bits per heavy atom. The number of allylic oxidation sites excluding steroid dienone is 2. The van der Waals surface area contributed by atoms with Crippen molar-refractivity contribution in [2.75, 3.05) is 0 Å². The molecule has 0 amide bonds. The monoisotopic (exact) mass is 372 g/mol. The zero-order valence-electron chi connectivity index (χ0n) is 18.8. The van der Waals surface area contributed by atoms with Gasteiger partial charge in [0.2, 0.25) is 0 Å². The van der Waals surface area contributed by atoms with E-state index in [0.717, 1.165) is 42.7 Å². The van der Waals surface area contributed by atoms with Crippen LogP contribution in [-0.4, -0.2) is 5.11 Å². The Balaban J connectivity index is 3.45. The number of hydrogen-bond acceptors (Lipinski definition) is 2. The van der Waals surface area contributed by atoms with E-state index < -0.39 is 0 Å². The Labute approximate surface area is 166 Å². The molecular weight excluding hydrogens is 332 g/mol. The van der Waals surface area contributed by atoms with Gasteiger partial charge in [-0.25, -0.2) is 0 Å². The van der Waals surface area contributed by atoms with Gasteiger partial charge in [-0.3, -0.25) is 4.79 Å². The lowest BCUT2D eigenvalue weighted by Gasteiger charge is -2.32. The molecule has 0 fully saturated rings. The predicted octanol–water partition coefficient (Wildman–Crippen LogP) is 6.90. The molecule has 0 spiro atoms. The van der Waals surface area contributed by atoms with Crippen LogP contribution in [-0.2, 0) is 5.41 Å². The minimum Gasteiger partial charge on any atom is -0.507 e. The summed E-state index contributed by atoms with van der Waals surface area (Å²) in [6.45, 7) is 16.7. The first-order valence-electron chi connectivity index (χ1n) is 10.7. The van der Waals surface area contributed by atoms with Gasteiger partial charge in [0.05, 0.1) is 0 Å². The smallest absolute Gasteiger partial charge is 0.182 e. The van der Waals surface area contributed by atoms with Crippen LogP contribution in [0.1, 0.15) is 95.4 Å². The van der Waals surface area contributed by atoms with E-state index in [4.69, 9.17) is 0 Å². The summed E-state index contributed by atoms with van der Waals surface area (Å²) in [6.07, 6.45) is 8.75. The lowest BCUT2D eigenvalue weighted by molar-refractivity contribution is 0.391. The molecule has 0 heterocycles. The molecule has 2 nitrogen and oxygen atoms in total. The first kappa shape index (κ1) is 23.5. The van der Waals surface area contributed by atoms with Crippen LogP contribution in [0.25, 0.3) is 0 Å². The number of aromatic hydroxyl groups is 1. The van der Waals surface area contributed by atoms with E-state index in [2.05, 4.69) is 40.7 Å². The third kappa shape index (κ3) is 5.24. The molecule has 0 radical (unpaired) electrons. The van der Waals surface area contributed by atoms with Gasteiger partial charge in [0.15, 0.2) is 5.43 Å². The van der Waals surface area contributed by atoms with E-state index >= 15 is 0 Å². The summed E-state index contributed by atoms with van der Waals surface area (Å²) >= 11 is 0. The van der Waals surface area contributed by atoms with Crippen LogP contribution >= 0.6 is 0 Å². The first-order chi connectivity index (χ1) is 12.7. The van der Waals surface area contributed by atoms with Gasteiger partial charge in [0.25, 0.3) is 0 Å². The molecule has 0 unspecified atom stereocenters. The van der Waals surface area contributed by atoms with Gasteiger partial charge >= 0.3 is 0 Å². The lowest BCUT2D eigenvalue weighted by atomic mass is 9.71. The van der Waals surface area contributed by atoms with Gasteiger partial charge in [0.1, 0.15) is 5.75 Å². The van der Waals surface area contributed by atoms with Gasteiger partial charge in [0, 0.05) is 5.56 Å². The van der Waals surface area contributed by atoms with Crippen LogP contribution in [0.3, 0.4) is 0 Å². The van der Waals surface area contributed by atoms with Crippen LogP contribution in [0.4, 0.5) is 0 Å². The number of hydrogen-bond donors (Lipinski definition) is 1. The molecule has 152 valence electrons. The van der Waals surface area contributed by atoms with Crippen LogP contribution in [0.5, 0.6) is 5.75 Å². The van der Waals surface area contributed by atoms with E-state index in [-0.39, 0.29) is 16.6 Å². The highest BCUT2D eigenvalue weighted by molar-refractivity contribution is 5.48. The fourth-order valence-electron chi connectivity index (χ4n) is 4.18. The highest BCUT2D eigenvalue weighted by Crippen LogP contribution is 2.40. The molecule has 0 bridgehead atoms. The molecule has 27 heavy (non-hydrogen) atoms. The van der Waals surface area contributed by atoms with Gasteiger partial charge in [-0.1, -0.05) is 52.2 Å². The van der Waals surface area contributed by atoms with E-state index in [1.807, 2.05) is 13.8 Å². The van der Waals surface area contributed by atoms with Crippen LogP contribution in [0, 0.1) is 26.7 Å². The predicted molar refractivity (Wildman–Crippen MR) is 118 cm³/mol. The molecule has 1 N–H and O–H groups in total. The zero-order chi connectivity index (χ0) is 20.8. The summed E-state index contributed by atoms with van der Waals surface area (Å²) in [6, 6.07) is 1.79. The van der Waals surface area contributed by atoms with Crippen molar-refractivity contribution < 1.29 is 5.11 Å². The van der Waals surface area contributed by atoms with Crippen molar-refractivity contribution in [2.24, 2.45) is 5.92 Å². The molecule has 0 aliphatic carbocycles. The third-order valence-corrected chi connectivity index (χ3v) is 6.85. The van der Waals surface area contributed by atoms with Crippen molar-refractivity contribution in [3.8, 4) is 5.75 Å². The molecule has 0 atom stereocenters. The van der Waals surface area contributed by atoms with Crippen molar-refractivity contribution in [2.45, 2.75) is 99.3 Å². The van der Waals surface area contributed by atoms with Crippen molar-refractivity contribution in [1.29, 1.82) is 0 Å². The fraction of sp³-hybridized carbons (Fsp3) is 0.640. The van der Waals surface area contributed by atoms with Crippen molar-refractivity contribution in [1.82, 2.24) is 0 Å². The zero-order valence-corrected chi connectivity index (χ0v) is 18.8. The molecule has 0 aromatic heterocycles. The molecule has 0 saturated heterocycles. The number of rotatable bonds is 9. The summed E-state index contributed by atoms with van der Waals surface area (Å²) in [5.41, 5.74) is 4.55. The highest BCUT2D eigenvalue weighted by Gasteiger charge is 2.30. The molecule has 0 saturated carbocycles. The van der Waals surface area contributed by atoms with Crippen molar-refractivity contribution >= 4 is 0 Å². The molecule has 0 aliphatic heterocycles. The Kier molecular flexibility index (Phi) is 8.78. The summed E-state index contributed by atoms with van der Waals surface area (Å²) in [5, 5.41) is 10.7. The minimum absolute atomic E-state index is 0.0231. The van der Waals surface area contributed by atoms with E-state index in [9.17, 15) is 9.90 Å². The second kappa shape index (κ2) is 10.1. The van der Waals surface area contributed by atoms with E-state index in [1.165, 1.54) is 18.4 Å². The maximum atomic E-state index is 12.7. The molecule has 0 aliphatic rings. The Morgan fingerprint density at radius 1 is 1.04 bits per heavy atom. The standard InChI is InChI=1S/C25H40O2/c1-9-21(10-2)15-17(5)13-14-25(11-3,12-4)22-16-23(26)18(6)19(7)24(27)20(22)8/h13,16,21,27H,9-12,14-15H2,1-8H3. The van der Waals surface area contributed by atoms with Gasteiger partial charge in [-0.15, -0.1) is 0 Å².